The maximum Gasteiger partial charge on any atom is 0.198 e. The Kier molecular flexibility index (Phi) is 3.78. The van der Waals surface area contributed by atoms with Crippen LogP contribution >= 0.6 is 12.2 Å². The number of hydrogen-bond acceptors (Lipinski definition) is 2. The quantitative estimate of drug-likeness (QED) is 0.209. The Balaban J connectivity index is 3.06. The fourth-order valence-corrected chi connectivity index (χ4v) is 0.903. The zero-order valence-corrected chi connectivity index (χ0v) is 8.42. The summed E-state index contributed by atoms with van der Waals surface area (Å²) in [6.45, 7) is 0. The molecule has 1 aromatic rings. The van der Waals surface area contributed by atoms with Crippen LogP contribution in [0.25, 0.3) is 0 Å². The molecule has 3 nitrogen and oxygen atoms in total. The van der Waals surface area contributed by atoms with Crippen LogP contribution in [0.4, 0.5) is 17.6 Å². The third-order valence-electron chi connectivity index (χ3n) is 1.51. The Bertz CT molecular complexity index is 461. The molecule has 8 heteroatoms. The van der Waals surface area contributed by atoms with Gasteiger partial charge in [0, 0.05) is 5.56 Å². The van der Waals surface area contributed by atoms with Gasteiger partial charge in [0.05, 0.1) is 6.21 Å². The summed E-state index contributed by atoms with van der Waals surface area (Å²) in [5.41, 5.74) is 6.46. The van der Waals surface area contributed by atoms with Crippen molar-refractivity contribution in [2.75, 3.05) is 0 Å². The smallest absolute Gasteiger partial charge is 0.198 e. The van der Waals surface area contributed by atoms with Crippen molar-refractivity contribution < 1.29 is 17.6 Å². The van der Waals surface area contributed by atoms with Crippen molar-refractivity contribution in [2.45, 2.75) is 0 Å². The summed E-state index contributed by atoms with van der Waals surface area (Å²) in [6.07, 6.45) is 0.722. The van der Waals surface area contributed by atoms with Crippen molar-refractivity contribution in [3.05, 3.63) is 34.9 Å². The van der Waals surface area contributed by atoms with Crippen LogP contribution in [-0.4, -0.2) is 11.3 Å². The number of nitrogens with zero attached hydrogens (tertiary/aromatic N) is 1. The monoisotopic (exact) mass is 251 g/mol. The highest BCUT2D eigenvalue weighted by Crippen LogP contribution is 2.17. The lowest BCUT2D eigenvalue weighted by Gasteiger charge is -2.01. The summed E-state index contributed by atoms with van der Waals surface area (Å²) < 4.78 is 50.9. The Morgan fingerprint density at radius 1 is 1.25 bits per heavy atom. The number of benzene rings is 1. The van der Waals surface area contributed by atoms with E-state index in [9.17, 15) is 17.6 Å². The van der Waals surface area contributed by atoms with Crippen molar-refractivity contribution >= 4 is 23.5 Å². The van der Waals surface area contributed by atoms with Crippen LogP contribution in [0.2, 0.25) is 0 Å². The average Bonchev–Trinajstić information content (AvgIpc) is 2.22. The maximum absolute atomic E-state index is 13.0. The van der Waals surface area contributed by atoms with E-state index in [0.717, 1.165) is 6.21 Å². The van der Waals surface area contributed by atoms with Gasteiger partial charge in [-0.3, -0.25) is 5.43 Å². The molecule has 1 aromatic carbocycles. The van der Waals surface area contributed by atoms with Gasteiger partial charge < -0.3 is 5.73 Å². The first-order valence-electron chi connectivity index (χ1n) is 3.85. The molecule has 0 heterocycles. The molecular formula is C8H5F4N3S. The van der Waals surface area contributed by atoms with Crippen molar-refractivity contribution in [1.82, 2.24) is 5.43 Å². The first-order chi connectivity index (χ1) is 7.43. The third-order valence-corrected chi connectivity index (χ3v) is 1.60. The average molecular weight is 251 g/mol. The topological polar surface area (TPSA) is 50.4 Å². The largest absolute Gasteiger partial charge is 0.375 e. The summed E-state index contributed by atoms with van der Waals surface area (Å²) in [5.74, 6) is -6.85. The number of hydrazone groups is 1. The lowest BCUT2D eigenvalue weighted by Crippen LogP contribution is -2.24. The van der Waals surface area contributed by atoms with E-state index in [2.05, 4.69) is 17.3 Å². The van der Waals surface area contributed by atoms with Gasteiger partial charge in [0.25, 0.3) is 0 Å². The normalized spacial score (nSPS) is 10.8. The minimum absolute atomic E-state index is 0.209. The minimum atomic E-state index is -1.91. The highest BCUT2D eigenvalue weighted by Gasteiger charge is 2.17. The predicted octanol–water partition coefficient (Wildman–Crippen LogP) is 1.41. The van der Waals surface area contributed by atoms with Gasteiger partial charge in [-0.2, -0.15) is 5.10 Å². The molecule has 0 atom stereocenters. The van der Waals surface area contributed by atoms with E-state index in [0.29, 0.717) is 6.07 Å². The first kappa shape index (κ1) is 12.4. The predicted molar refractivity (Wildman–Crippen MR) is 53.8 cm³/mol. The van der Waals surface area contributed by atoms with Crippen LogP contribution in [-0.2, 0) is 0 Å². The molecule has 0 saturated heterocycles. The van der Waals surface area contributed by atoms with Crippen LogP contribution < -0.4 is 11.2 Å². The molecule has 86 valence electrons. The Morgan fingerprint density at radius 2 is 1.88 bits per heavy atom. The molecule has 16 heavy (non-hydrogen) atoms. The summed E-state index contributed by atoms with van der Waals surface area (Å²) in [4.78, 5) is 0. The molecule has 0 aromatic heterocycles. The molecule has 0 aliphatic rings. The number of halogens is 4. The second kappa shape index (κ2) is 4.88. The Labute approximate surface area is 92.9 Å². The molecule has 0 aliphatic carbocycles. The van der Waals surface area contributed by atoms with E-state index in [1.54, 1.807) is 0 Å². The molecule has 0 bridgehead atoms. The molecule has 0 aliphatic heterocycles. The standard InChI is InChI=1S/C8H5F4N3S/c9-4-1-3(2-14-15-8(13)16)5(10)7(12)6(4)11/h1-2H,(H3,13,15,16). The first-order valence-corrected chi connectivity index (χ1v) is 4.25. The molecule has 3 N–H and O–H groups in total. The van der Waals surface area contributed by atoms with Gasteiger partial charge in [-0.1, -0.05) is 0 Å². The minimum Gasteiger partial charge on any atom is -0.375 e. The summed E-state index contributed by atoms with van der Waals surface area (Å²) in [5, 5.41) is 3.07. The van der Waals surface area contributed by atoms with E-state index in [1.807, 2.05) is 5.43 Å². The molecule has 0 unspecified atom stereocenters. The lowest BCUT2D eigenvalue weighted by atomic mass is 10.2. The fraction of sp³-hybridized carbons (Fsp3) is 0. The van der Waals surface area contributed by atoms with E-state index in [4.69, 9.17) is 5.73 Å². The van der Waals surface area contributed by atoms with Gasteiger partial charge in [0.2, 0.25) is 0 Å². The summed E-state index contributed by atoms with van der Waals surface area (Å²) in [7, 11) is 0. The van der Waals surface area contributed by atoms with Crippen molar-refractivity contribution in [2.24, 2.45) is 10.8 Å². The zero-order valence-electron chi connectivity index (χ0n) is 7.60. The van der Waals surface area contributed by atoms with E-state index in [-0.39, 0.29) is 5.11 Å². The van der Waals surface area contributed by atoms with Gasteiger partial charge in [0.1, 0.15) is 0 Å². The molecule has 0 radical (unpaired) electrons. The van der Waals surface area contributed by atoms with Crippen LogP contribution in [0.15, 0.2) is 11.2 Å². The van der Waals surface area contributed by atoms with Crippen LogP contribution in [0.3, 0.4) is 0 Å². The molecule has 0 fully saturated rings. The van der Waals surface area contributed by atoms with Gasteiger partial charge in [-0.05, 0) is 18.3 Å². The highest BCUT2D eigenvalue weighted by molar-refractivity contribution is 7.80. The van der Waals surface area contributed by atoms with Crippen molar-refractivity contribution in [1.29, 1.82) is 0 Å². The SMILES string of the molecule is NC(=S)NN=Cc1cc(F)c(F)c(F)c1F. The van der Waals surface area contributed by atoms with Crippen molar-refractivity contribution in [3.63, 3.8) is 0 Å². The fourth-order valence-electron chi connectivity index (χ4n) is 0.851. The number of nitrogens with one attached hydrogen (secondary N) is 1. The number of hydrogen-bond donors (Lipinski definition) is 2. The van der Waals surface area contributed by atoms with Gasteiger partial charge in [-0.25, -0.2) is 17.6 Å². The molecule has 0 saturated carbocycles. The van der Waals surface area contributed by atoms with E-state index < -0.39 is 28.8 Å². The van der Waals surface area contributed by atoms with E-state index in [1.165, 1.54) is 0 Å². The Hall–Kier alpha value is -1.70. The molecule has 0 spiro atoms. The number of rotatable bonds is 2. The van der Waals surface area contributed by atoms with Gasteiger partial charge in [0.15, 0.2) is 28.4 Å². The maximum atomic E-state index is 13.0. The van der Waals surface area contributed by atoms with Crippen LogP contribution in [0, 0.1) is 23.3 Å². The van der Waals surface area contributed by atoms with Crippen LogP contribution in [0.5, 0.6) is 0 Å². The van der Waals surface area contributed by atoms with Crippen molar-refractivity contribution in [3.8, 4) is 0 Å². The summed E-state index contributed by atoms with van der Waals surface area (Å²) in [6, 6.07) is 0.457. The zero-order chi connectivity index (χ0) is 12.3. The van der Waals surface area contributed by atoms with Gasteiger partial charge >= 0.3 is 0 Å². The second-order valence-corrected chi connectivity index (χ2v) is 3.06. The lowest BCUT2D eigenvalue weighted by molar-refractivity contribution is 0.408. The number of nitrogens with two attached hydrogens (primary N) is 1. The molecule has 1 rings (SSSR count). The third kappa shape index (κ3) is 2.66. The van der Waals surface area contributed by atoms with Crippen LogP contribution in [0.1, 0.15) is 5.56 Å². The molecular weight excluding hydrogens is 246 g/mol. The number of thiocarbonyl (C=S) groups is 1. The highest BCUT2D eigenvalue weighted by atomic mass is 32.1. The molecule has 0 amide bonds. The summed E-state index contributed by atoms with van der Waals surface area (Å²) >= 11 is 4.37. The second-order valence-electron chi connectivity index (χ2n) is 2.62. The van der Waals surface area contributed by atoms with E-state index >= 15 is 0 Å². The van der Waals surface area contributed by atoms with Gasteiger partial charge in [-0.15, -0.1) is 0 Å². The Morgan fingerprint density at radius 3 is 2.44 bits per heavy atom.